The standard InChI is InChI=1S/C12H15FO4S/c1-3-4-5-18(16,17)11-7-9(12(14)15)6-10(13)8(11)2/h6-7H,3-5H2,1-2H3,(H,14,15). The summed E-state index contributed by atoms with van der Waals surface area (Å²) in [7, 11) is -3.63. The van der Waals surface area contributed by atoms with Crippen molar-refractivity contribution >= 4 is 15.8 Å². The Kier molecular flexibility index (Phi) is 4.45. The molecule has 0 heterocycles. The number of carbonyl (C=O) groups is 1. The van der Waals surface area contributed by atoms with Crippen molar-refractivity contribution in [3.8, 4) is 0 Å². The normalized spacial score (nSPS) is 11.5. The second-order valence-electron chi connectivity index (χ2n) is 4.06. The molecule has 0 saturated carbocycles. The summed E-state index contributed by atoms with van der Waals surface area (Å²) in [6.45, 7) is 3.18. The largest absolute Gasteiger partial charge is 0.478 e. The molecule has 18 heavy (non-hydrogen) atoms. The highest BCUT2D eigenvalue weighted by atomic mass is 32.2. The average Bonchev–Trinajstić information content (AvgIpc) is 2.29. The summed E-state index contributed by atoms with van der Waals surface area (Å²) in [5.41, 5.74) is -0.385. The fourth-order valence-electron chi connectivity index (χ4n) is 1.54. The molecule has 100 valence electrons. The number of benzene rings is 1. The first-order valence-electron chi connectivity index (χ1n) is 5.55. The molecule has 0 amide bonds. The zero-order valence-electron chi connectivity index (χ0n) is 10.2. The van der Waals surface area contributed by atoms with Crippen LogP contribution < -0.4 is 0 Å². The number of carboxylic acids is 1. The molecule has 1 N–H and O–H groups in total. The zero-order chi connectivity index (χ0) is 13.9. The van der Waals surface area contributed by atoms with Gasteiger partial charge in [0.15, 0.2) is 9.84 Å². The summed E-state index contributed by atoms with van der Waals surface area (Å²) in [5.74, 6) is -2.27. The minimum Gasteiger partial charge on any atom is -0.478 e. The number of hydrogen-bond donors (Lipinski definition) is 1. The van der Waals surface area contributed by atoms with Crippen LogP contribution in [0.2, 0.25) is 0 Å². The van der Waals surface area contributed by atoms with Crippen molar-refractivity contribution < 1.29 is 22.7 Å². The summed E-state index contributed by atoms with van der Waals surface area (Å²) < 4.78 is 37.5. The molecule has 0 radical (unpaired) electrons. The van der Waals surface area contributed by atoms with E-state index < -0.39 is 21.6 Å². The van der Waals surface area contributed by atoms with Gasteiger partial charge in [-0.05, 0) is 25.5 Å². The summed E-state index contributed by atoms with van der Waals surface area (Å²) >= 11 is 0. The van der Waals surface area contributed by atoms with E-state index >= 15 is 0 Å². The minimum atomic E-state index is -3.63. The number of hydrogen-bond acceptors (Lipinski definition) is 3. The van der Waals surface area contributed by atoms with Crippen molar-refractivity contribution in [2.24, 2.45) is 0 Å². The molecule has 0 bridgehead atoms. The van der Waals surface area contributed by atoms with Crippen LogP contribution in [0.25, 0.3) is 0 Å². The SMILES string of the molecule is CCCCS(=O)(=O)c1cc(C(=O)O)cc(F)c1C. The number of rotatable bonds is 5. The topological polar surface area (TPSA) is 71.4 Å². The van der Waals surface area contributed by atoms with Gasteiger partial charge in [-0.15, -0.1) is 0 Å². The molecule has 0 aliphatic heterocycles. The van der Waals surface area contributed by atoms with Crippen LogP contribution in [0.3, 0.4) is 0 Å². The molecule has 0 spiro atoms. The van der Waals surface area contributed by atoms with Crippen molar-refractivity contribution in [3.63, 3.8) is 0 Å². The summed E-state index contributed by atoms with van der Waals surface area (Å²) in [5, 5.41) is 8.80. The van der Waals surface area contributed by atoms with Crippen molar-refractivity contribution in [1.29, 1.82) is 0 Å². The molecule has 1 aromatic carbocycles. The van der Waals surface area contributed by atoms with Crippen molar-refractivity contribution in [2.75, 3.05) is 5.75 Å². The molecule has 4 nitrogen and oxygen atoms in total. The molecule has 6 heteroatoms. The number of sulfone groups is 1. The summed E-state index contributed by atoms with van der Waals surface area (Å²) in [6, 6.07) is 1.85. The van der Waals surface area contributed by atoms with E-state index in [1.165, 1.54) is 6.92 Å². The van der Waals surface area contributed by atoms with Gasteiger partial charge in [-0.25, -0.2) is 17.6 Å². The van der Waals surface area contributed by atoms with Gasteiger partial charge in [-0.1, -0.05) is 13.3 Å². The van der Waals surface area contributed by atoms with Crippen LogP contribution in [0.1, 0.15) is 35.7 Å². The van der Waals surface area contributed by atoms with Crippen LogP contribution in [0.15, 0.2) is 17.0 Å². The molecule has 0 aromatic heterocycles. The van der Waals surface area contributed by atoms with E-state index in [-0.39, 0.29) is 21.8 Å². The molecule has 1 aromatic rings. The van der Waals surface area contributed by atoms with Gasteiger partial charge in [0.25, 0.3) is 0 Å². The Bertz CT molecular complexity index is 564. The third-order valence-electron chi connectivity index (χ3n) is 2.65. The first-order chi connectivity index (χ1) is 8.29. The average molecular weight is 274 g/mol. The highest BCUT2D eigenvalue weighted by Gasteiger charge is 2.21. The smallest absolute Gasteiger partial charge is 0.335 e. The monoisotopic (exact) mass is 274 g/mol. The number of aromatic carboxylic acids is 1. The first-order valence-corrected chi connectivity index (χ1v) is 7.21. The van der Waals surface area contributed by atoms with Gasteiger partial charge in [0.05, 0.1) is 16.2 Å². The maximum atomic E-state index is 13.5. The van der Waals surface area contributed by atoms with Gasteiger partial charge in [-0.2, -0.15) is 0 Å². The predicted molar refractivity (Wildman–Crippen MR) is 65.1 cm³/mol. The Morgan fingerprint density at radius 3 is 2.50 bits per heavy atom. The van der Waals surface area contributed by atoms with Gasteiger partial charge in [0, 0.05) is 5.56 Å². The van der Waals surface area contributed by atoms with Gasteiger partial charge >= 0.3 is 5.97 Å². The molecule has 0 aliphatic carbocycles. The Balaban J connectivity index is 3.35. The first kappa shape index (κ1) is 14.6. The zero-order valence-corrected chi connectivity index (χ0v) is 11.1. The maximum absolute atomic E-state index is 13.5. The highest BCUT2D eigenvalue weighted by molar-refractivity contribution is 7.91. The Morgan fingerprint density at radius 2 is 2.00 bits per heavy atom. The van der Waals surface area contributed by atoms with E-state index in [1.54, 1.807) is 0 Å². The molecule has 0 unspecified atom stereocenters. The maximum Gasteiger partial charge on any atom is 0.335 e. The molecular formula is C12H15FO4S. The second-order valence-corrected chi connectivity index (χ2v) is 6.14. The van der Waals surface area contributed by atoms with Gasteiger partial charge < -0.3 is 5.11 Å². The van der Waals surface area contributed by atoms with Crippen LogP contribution in [-0.4, -0.2) is 25.2 Å². The number of halogens is 1. The van der Waals surface area contributed by atoms with Crippen molar-refractivity contribution in [3.05, 3.63) is 29.1 Å². The predicted octanol–water partition coefficient (Wildman–Crippen LogP) is 2.41. The minimum absolute atomic E-state index is 0.0314. The molecule has 0 atom stereocenters. The van der Waals surface area contributed by atoms with Crippen LogP contribution in [0.4, 0.5) is 4.39 Å². The number of carboxylic acid groups (broad SMARTS) is 1. The second kappa shape index (κ2) is 5.48. The Hall–Kier alpha value is -1.43. The molecule has 0 saturated heterocycles. The molecule has 0 fully saturated rings. The van der Waals surface area contributed by atoms with Gasteiger partial charge in [0.1, 0.15) is 5.82 Å². The van der Waals surface area contributed by atoms with E-state index in [0.717, 1.165) is 12.1 Å². The summed E-state index contributed by atoms with van der Waals surface area (Å²) in [6.07, 6.45) is 1.15. The lowest BCUT2D eigenvalue weighted by Gasteiger charge is -2.09. The number of unbranched alkanes of at least 4 members (excludes halogenated alkanes) is 1. The fourth-order valence-corrected chi connectivity index (χ4v) is 3.30. The fraction of sp³-hybridized carbons (Fsp3) is 0.417. The lowest BCUT2D eigenvalue weighted by Crippen LogP contribution is -2.11. The van der Waals surface area contributed by atoms with E-state index in [2.05, 4.69) is 0 Å². The summed E-state index contributed by atoms with van der Waals surface area (Å²) in [4.78, 5) is 10.6. The molecule has 0 aliphatic rings. The quantitative estimate of drug-likeness (QED) is 0.895. The van der Waals surface area contributed by atoms with Crippen LogP contribution in [0, 0.1) is 12.7 Å². The highest BCUT2D eigenvalue weighted by Crippen LogP contribution is 2.22. The lowest BCUT2D eigenvalue weighted by molar-refractivity contribution is 0.0696. The van der Waals surface area contributed by atoms with Crippen LogP contribution >= 0.6 is 0 Å². The molecular weight excluding hydrogens is 259 g/mol. The lowest BCUT2D eigenvalue weighted by atomic mass is 10.1. The third-order valence-corrected chi connectivity index (χ3v) is 4.57. The third kappa shape index (κ3) is 3.07. The molecule has 1 rings (SSSR count). The Labute approximate surface area is 105 Å². The van der Waals surface area contributed by atoms with Gasteiger partial charge in [-0.3, -0.25) is 0 Å². The van der Waals surface area contributed by atoms with E-state index in [4.69, 9.17) is 5.11 Å². The van der Waals surface area contributed by atoms with Crippen molar-refractivity contribution in [2.45, 2.75) is 31.6 Å². The van der Waals surface area contributed by atoms with Gasteiger partial charge in [0.2, 0.25) is 0 Å². The van der Waals surface area contributed by atoms with Crippen LogP contribution in [-0.2, 0) is 9.84 Å². The van der Waals surface area contributed by atoms with E-state index in [1.807, 2.05) is 6.92 Å². The van der Waals surface area contributed by atoms with E-state index in [0.29, 0.717) is 12.8 Å². The van der Waals surface area contributed by atoms with Crippen LogP contribution in [0.5, 0.6) is 0 Å². The van der Waals surface area contributed by atoms with Crippen molar-refractivity contribution in [1.82, 2.24) is 0 Å². The van der Waals surface area contributed by atoms with E-state index in [9.17, 15) is 17.6 Å². The Morgan fingerprint density at radius 1 is 1.39 bits per heavy atom.